The average Bonchev–Trinajstić information content (AvgIpc) is 2.82. The number of benzene rings is 3. The third-order valence-electron chi connectivity index (χ3n) is 5.33. The summed E-state index contributed by atoms with van der Waals surface area (Å²) in [6, 6.07) is 20.6. The van der Waals surface area contributed by atoms with Crippen LogP contribution in [0.25, 0.3) is 28.1 Å². The summed E-state index contributed by atoms with van der Waals surface area (Å²) in [5.74, 6) is 0.837. The van der Waals surface area contributed by atoms with Crippen molar-refractivity contribution in [2.45, 2.75) is 6.92 Å². The Morgan fingerprint density at radius 3 is 2.44 bits per heavy atom. The number of nitrogens with one attached hydrogen (secondary N) is 1. The molecule has 0 fully saturated rings. The number of ether oxygens (including phenoxy) is 2. The first kappa shape index (κ1) is 21.1. The highest BCUT2D eigenvalue weighted by Crippen LogP contribution is 2.31. The molecular weight excluding hydrogens is 402 g/mol. The molecule has 3 aromatic carbocycles. The van der Waals surface area contributed by atoms with Crippen LogP contribution in [-0.2, 0) is 0 Å². The van der Waals surface area contributed by atoms with E-state index in [-0.39, 0.29) is 11.3 Å². The van der Waals surface area contributed by atoms with Crippen molar-refractivity contribution in [3.05, 3.63) is 99.9 Å². The van der Waals surface area contributed by atoms with Gasteiger partial charge in [0.2, 0.25) is 0 Å². The molecular formula is C27H23NO4. The van der Waals surface area contributed by atoms with Crippen LogP contribution < -0.4 is 15.0 Å². The van der Waals surface area contributed by atoms with Gasteiger partial charge in [0.25, 0.3) is 5.56 Å². The number of carbonyl (C=O) groups is 1. The maximum absolute atomic E-state index is 13.3. The minimum Gasteiger partial charge on any atom is -0.497 e. The van der Waals surface area contributed by atoms with Crippen molar-refractivity contribution in [1.82, 2.24) is 4.98 Å². The van der Waals surface area contributed by atoms with Gasteiger partial charge in [-0.1, -0.05) is 42.0 Å². The lowest BCUT2D eigenvalue weighted by atomic mass is 9.93. The monoisotopic (exact) mass is 425 g/mol. The number of hydrogen-bond acceptors (Lipinski definition) is 4. The van der Waals surface area contributed by atoms with E-state index < -0.39 is 5.56 Å². The minimum atomic E-state index is -0.420. The molecule has 1 aromatic heterocycles. The molecule has 0 aliphatic carbocycles. The Hall–Kier alpha value is -4.12. The van der Waals surface area contributed by atoms with E-state index in [4.69, 9.17) is 9.47 Å². The molecule has 5 nitrogen and oxygen atoms in total. The number of aryl methyl sites for hydroxylation is 1. The topological polar surface area (TPSA) is 68.4 Å². The fourth-order valence-corrected chi connectivity index (χ4v) is 3.75. The third kappa shape index (κ3) is 4.05. The van der Waals surface area contributed by atoms with Gasteiger partial charge in [0.15, 0.2) is 5.78 Å². The Balaban J connectivity index is 1.87. The molecule has 0 saturated carbocycles. The lowest BCUT2D eigenvalue weighted by Crippen LogP contribution is -2.18. The molecule has 0 spiro atoms. The Bertz CT molecular complexity index is 1380. The summed E-state index contributed by atoms with van der Waals surface area (Å²) in [5.41, 5.74) is 3.57. The maximum Gasteiger partial charge on any atom is 0.260 e. The van der Waals surface area contributed by atoms with Crippen molar-refractivity contribution in [3.63, 3.8) is 0 Å². The van der Waals surface area contributed by atoms with Crippen molar-refractivity contribution < 1.29 is 14.3 Å². The first-order chi connectivity index (χ1) is 15.5. The fourth-order valence-electron chi connectivity index (χ4n) is 3.75. The van der Waals surface area contributed by atoms with Gasteiger partial charge < -0.3 is 14.5 Å². The molecule has 1 heterocycles. The molecule has 4 aromatic rings. The molecule has 0 atom stereocenters. The van der Waals surface area contributed by atoms with Crippen LogP contribution in [0.5, 0.6) is 11.5 Å². The van der Waals surface area contributed by atoms with Gasteiger partial charge in [0, 0.05) is 28.1 Å². The zero-order chi connectivity index (χ0) is 22.7. The van der Waals surface area contributed by atoms with E-state index in [1.165, 1.54) is 6.08 Å². The Morgan fingerprint density at radius 2 is 1.72 bits per heavy atom. The SMILES string of the molecule is COc1ccc(C=CC(=O)c2c(-c3ccccc3)c3cc(C)ccc3[nH]c2=O)c(OC)c1. The van der Waals surface area contributed by atoms with E-state index in [1.807, 2.05) is 55.5 Å². The van der Waals surface area contributed by atoms with Crippen LogP contribution in [0.3, 0.4) is 0 Å². The van der Waals surface area contributed by atoms with E-state index in [0.717, 1.165) is 16.5 Å². The quantitative estimate of drug-likeness (QED) is 0.331. The number of carbonyl (C=O) groups excluding carboxylic acids is 1. The van der Waals surface area contributed by atoms with Gasteiger partial charge in [-0.05, 0) is 48.9 Å². The van der Waals surface area contributed by atoms with Crippen molar-refractivity contribution >= 4 is 22.8 Å². The molecule has 1 N–H and O–H groups in total. The summed E-state index contributed by atoms with van der Waals surface area (Å²) in [6.07, 6.45) is 3.05. The number of allylic oxidation sites excluding steroid dienone is 1. The second-order valence-electron chi connectivity index (χ2n) is 7.42. The molecule has 0 amide bonds. The Morgan fingerprint density at radius 1 is 0.938 bits per heavy atom. The predicted octanol–water partition coefficient (Wildman–Crippen LogP) is 5.42. The predicted molar refractivity (Wildman–Crippen MR) is 128 cm³/mol. The van der Waals surface area contributed by atoms with E-state index >= 15 is 0 Å². The summed E-state index contributed by atoms with van der Waals surface area (Å²) in [7, 11) is 3.13. The van der Waals surface area contributed by atoms with Crippen LogP contribution in [-0.4, -0.2) is 25.0 Å². The second kappa shape index (κ2) is 8.94. The number of fused-ring (bicyclic) bond motifs is 1. The van der Waals surface area contributed by atoms with Gasteiger partial charge in [-0.25, -0.2) is 0 Å². The van der Waals surface area contributed by atoms with Gasteiger partial charge >= 0.3 is 0 Å². The maximum atomic E-state index is 13.3. The second-order valence-corrected chi connectivity index (χ2v) is 7.42. The van der Waals surface area contributed by atoms with Crippen molar-refractivity contribution in [1.29, 1.82) is 0 Å². The van der Waals surface area contributed by atoms with Crippen LogP contribution in [0.2, 0.25) is 0 Å². The number of ketones is 1. The number of rotatable bonds is 6. The number of hydrogen-bond donors (Lipinski definition) is 1. The molecule has 0 aliphatic rings. The minimum absolute atomic E-state index is 0.109. The van der Waals surface area contributed by atoms with Gasteiger partial charge in [-0.15, -0.1) is 0 Å². The molecule has 32 heavy (non-hydrogen) atoms. The zero-order valence-electron chi connectivity index (χ0n) is 18.1. The molecule has 0 bridgehead atoms. The summed E-state index contributed by atoms with van der Waals surface area (Å²) in [5, 5.41) is 0.828. The summed E-state index contributed by atoms with van der Waals surface area (Å²) in [4.78, 5) is 29.2. The molecule has 160 valence electrons. The first-order valence-electron chi connectivity index (χ1n) is 10.2. The van der Waals surface area contributed by atoms with E-state index in [2.05, 4.69) is 4.98 Å². The number of aromatic amines is 1. The lowest BCUT2D eigenvalue weighted by Gasteiger charge is -2.12. The standard InChI is InChI=1S/C27H23NO4/c1-17-9-13-22-21(15-17)25(19-7-5-4-6-8-19)26(27(30)28-22)23(29)14-11-18-10-12-20(31-2)16-24(18)32-3/h4-16H,1-3H3,(H,28,30). The normalized spacial score (nSPS) is 11.1. The van der Waals surface area contributed by atoms with Gasteiger partial charge in [0.1, 0.15) is 11.5 Å². The van der Waals surface area contributed by atoms with Crippen LogP contribution >= 0.6 is 0 Å². The van der Waals surface area contributed by atoms with Crippen LogP contribution in [0, 0.1) is 6.92 Å². The highest BCUT2D eigenvalue weighted by molar-refractivity contribution is 6.15. The molecule has 5 heteroatoms. The number of aromatic nitrogens is 1. The number of pyridine rings is 1. The number of H-pyrrole nitrogens is 1. The molecule has 0 radical (unpaired) electrons. The smallest absolute Gasteiger partial charge is 0.260 e. The van der Waals surface area contributed by atoms with Gasteiger partial charge in [0.05, 0.1) is 19.8 Å². The molecule has 0 aliphatic heterocycles. The van der Waals surface area contributed by atoms with Crippen LogP contribution in [0.1, 0.15) is 21.5 Å². The van der Waals surface area contributed by atoms with E-state index in [1.54, 1.807) is 38.5 Å². The summed E-state index contributed by atoms with van der Waals surface area (Å²) >= 11 is 0. The van der Waals surface area contributed by atoms with Crippen LogP contribution in [0.4, 0.5) is 0 Å². The zero-order valence-corrected chi connectivity index (χ0v) is 18.1. The highest BCUT2D eigenvalue weighted by atomic mass is 16.5. The average molecular weight is 425 g/mol. The molecule has 4 rings (SSSR count). The first-order valence-corrected chi connectivity index (χ1v) is 10.2. The highest BCUT2D eigenvalue weighted by Gasteiger charge is 2.19. The Kier molecular flexibility index (Phi) is 5.90. The van der Waals surface area contributed by atoms with Gasteiger partial charge in [-0.3, -0.25) is 9.59 Å². The van der Waals surface area contributed by atoms with E-state index in [9.17, 15) is 9.59 Å². The van der Waals surface area contributed by atoms with Gasteiger partial charge in [-0.2, -0.15) is 0 Å². The molecule has 0 saturated heterocycles. The largest absolute Gasteiger partial charge is 0.497 e. The van der Waals surface area contributed by atoms with Crippen molar-refractivity contribution in [3.8, 4) is 22.6 Å². The molecule has 0 unspecified atom stereocenters. The summed E-state index contributed by atoms with van der Waals surface area (Å²) < 4.78 is 10.6. The van der Waals surface area contributed by atoms with Crippen molar-refractivity contribution in [2.24, 2.45) is 0 Å². The lowest BCUT2D eigenvalue weighted by molar-refractivity contribution is 0.104. The number of methoxy groups -OCH3 is 2. The van der Waals surface area contributed by atoms with Crippen molar-refractivity contribution in [2.75, 3.05) is 14.2 Å². The summed E-state index contributed by atoms with van der Waals surface area (Å²) in [6.45, 7) is 1.98. The fraction of sp³-hybridized carbons (Fsp3) is 0.111. The third-order valence-corrected chi connectivity index (χ3v) is 5.33. The van der Waals surface area contributed by atoms with Crippen LogP contribution in [0.15, 0.2) is 77.6 Å². The van der Waals surface area contributed by atoms with E-state index in [0.29, 0.717) is 28.1 Å². The Labute approximate surface area is 185 Å².